The molecule has 26 heavy (non-hydrogen) atoms. The Morgan fingerprint density at radius 2 is 1.92 bits per heavy atom. The highest BCUT2D eigenvalue weighted by Crippen LogP contribution is 2.12. The predicted octanol–water partition coefficient (Wildman–Crippen LogP) is 1.42. The average molecular weight is 361 g/mol. The number of aliphatic imine (C=N–C) groups is 1. The Morgan fingerprint density at radius 3 is 2.62 bits per heavy atom. The number of nitrogens with one attached hydrogen (secondary N) is 3. The summed E-state index contributed by atoms with van der Waals surface area (Å²) in [6.07, 6.45) is 0.493. The molecule has 0 aliphatic carbocycles. The van der Waals surface area contributed by atoms with Crippen LogP contribution in [0.2, 0.25) is 0 Å². The van der Waals surface area contributed by atoms with Crippen LogP contribution in [0.1, 0.15) is 25.8 Å². The number of hydrogen-bond donors (Lipinski definition) is 3. The Morgan fingerprint density at radius 1 is 1.19 bits per heavy atom. The van der Waals surface area contributed by atoms with E-state index in [1.165, 1.54) is 0 Å². The lowest BCUT2D eigenvalue weighted by atomic mass is 10.2. The first-order valence-electron chi connectivity index (χ1n) is 9.42. The molecule has 0 bridgehead atoms. The maximum Gasteiger partial charge on any atom is 0.225 e. The molecule has 1 fully saturated rings. The van der Waals surface area contributed by atoms with Crippen LogP contribution < -0.4 is 16.0 Å². The Balaban J connectivity index is 1.83. The van der Waals surface area contributed by atoms with Gasteiger partial charge in [-0.1, -0.05) is 12.1 Å². The van der Waals surface area contributed by atoms with Gasteiger partial charge in [0.05, 0.1) is 19.8 Å². The second kappa shape index (κ2) is 11.5. The first kappa shape index (κ1) is 20.2. The molecule has 0 atom stereocenters. The molecule has 1 aromatic carbocycles. The van der Waals surface area contributed by atoms with E-state index in [1.807, 2.05) is 38.1 Å². The zero-order valence-electron chi connectivity index (χ0n) is 15.9. The summed E-state index contributed by atoms with van der Waals surface area (Å²) in [6, 6.07) is 7.85. The summed E-state index contributed by atoms with van der Waals surface area (Å²) >= 11 is 0. The van der Waals surface area contributed by atoms with Gasteiger partial charge in [-0.25, -0.2) is 4.99 Å². The van der Waals surface area contributed by atoms with Crippen LogP contribution in [0.5, 0.6) is 0 Å². The highest BCUT2D eigenvalue weighted by atomic mass is 16.5. The minimum atomic E-state index is 0.0399. The lowest BCUT2D eigenvalue weighted by Crippen LogP contribution is -2.38. The number of anilines is 1. The van der Waals surface area contributed by atoms with Crippen LogP contribution in [-0.4, -0.2) is 62.7 Å². The largest absolute Gasteiger partial charge is 0.379 e. The number of morpholine rings is 1. The minimum absolute atomic E-state index is 0.0399. The molecule has 7 nitrogen and oxygen atoms in total. The van der Waals surface area contributed by atoms with Gasteiger partial charge in [-0.2, -0.15) is 0 Å². The molecule has 0 unspecified atom stereocenters. The molecule has 144 valence electrons. The number of nitrogens with zero attached hydrogens (tertiary/aromatic N) is 2. The third kappa shape index (κ3) is 7.41. The second-order valence-corrected chi connectivity index (χ2v) is 6.18. The van der Waals surface area contributed by atoms with Crippen molar-refractivity contribution < 1.29 is 9.53 Å². The van der Waals surface area contributed by atoms with Gasteiger partial charge in [0.15, 0.2) is 5.96 Å². The van der Waals surface area contributed by atoms with E-state index in [-0.39, 0.29) is 5.91 Å². The van der Waals surface area contributed by atoms with Crippen molar-refractivity contribution >= 4 is 17.6 Å². The van der Waals surface area contributed by atoms with E-state index in [1.54, 1.807) is 0 Å². The van der Waals surface area contributed by atoms with Crippen molar-refractivity contribution in [3.05, 3.63) is 29.8 Å². The summed E-state index contributed by atoms with van der Waals surface area (Å²) in [5.41, 5.74) is 1.88. The number of hydrogen-bond acceptors (Lipinski definition) is 4. The summed E-state index contributed by atoms with van der Waals surface area (Å²) in [6.45, 7) is 10.4. The van der Waals surface area contributed by atoms with Gasteiger partial charge in [-0.3, -0.25) is 9.69 Å². The van der Waals surface area contributed by atoms with E-state index < -0.39 is 0 Å². The maximum atomic E-state index is 12.2. The average Bonchev–Trinajstić information content (AvgIpc) is 2.66. The van der Waals surface area contributed by atoms with Crippen LogP contribution in [-0.2, 0) is 16.1 Å². The van der Waals surface area contributed by atoms with Gasteiger partial charge in [0.1, 0.15) is 0 Å². The van der Waals surface area contributed by atoms with Crippen LogP contribution in [0.3, 0.4) is 0 Å². The van der Waals surface area contributed by atoms with Gasteiger partial charge in [0, 0.05) is 44.8 Å². The number of rotatable bonds is 8. The standard InChI is InChI=1S/C19H31N5O2/c1-3-20-19(21-4-2)22-15-16-6-5-7-17(14-16)23-18(25)8-9-24-10-12-26-13-11-24/h5-7,14H,3-4,8-13,15H2,1-2H3,(H,23,25)(H2,20,21,22). The molecular weight excluding hydrogens is 330 g/mol. The lowest BCUT2D eigenvalue weighted by Gasteiger charge is -2.26. The van der Waals surface area contributed by atoms with E-state index in [0.29, 0.717) is 13.0 Å². The highest BCUT2D eigenvalue weighted by Gasteiger charge is 2.12. The Kier molecular flexibility index (Phi) is 8.92. The van der Waals surface area contributed by atoms with Crippen LogP contribution >= 0.6 is 0 Å². The molecular formula is C19H31N5O2. The second-order valence-electron chi connectivity index (χ2n) is 6.18. The highest BCUT2D eigenvalue weighted by molar-refractivity contribution is 5.90. The number of carbonyl (C=O) groups excluding carboxylic acids is 1. The molecule has 0 spiro atoms. The summed E-state index contributed by atoms with van der Waals surface area (Å²) in [5, 5.41) is 9.39. The summed E-state index contributed by atoms with van der Waals surface area (Å²) < 4.78 is 5.32. The first-order chi connectivity index (χ1) is 12.7. The monoisotopic (exact) mass is 361 g/mol. The normalized spacial score (nSPS) is 14.5. The van der Waals surface area contributed by atoms with Gasteiger partial charge in [-0.15, -0.1) is 0 Å². The summed E-state index contributed by atoms with van der Waals surface area (Å²) in [4.78, 5) is 19.0. The van der Waals surface area contributed by atoms with Crippen LogP contribution in [0, 0.1) is 0 Å². The number of amides is 1. The molecule has 2 rings (SSSR count). The van der Waals surface area contributed by atoms with E-state index in [9.17, 15) is 4.79 Å². The molecule has 1 aliphatic heterocycles. The van der Waals surface area contributed by atoms with Crippen molar-refractivity contribution in [2.24, 2.45) is 4.99 Å². The number of carbonyl (C=O) groups is 1. The van der Waals surface area contributed by atoms with Crippen LogP contribution in [0.25, 0.3) is 0 Å². The van der Waals surface area contributed by atoms with Gasteiger partial charge in [0.25, 0.3) is 0 Å². The van der Waals surface area contributed by atoms with E-state index in [4.69, 9.17) is 4.74 Å². The fraction of sp³-hybridized carbons (Fsp3) is 0.579. The van der Waals surface area contributed by atoms with E-state index >= 15 is 0 Å². The fourth-order valence-electron chi connectivity index (χ4n) is 2.73. The van der Waals surface area contributed by atoms with Gasteiger partial charge < -0.3 is 20.7 Å². The number of guanidine groups is 1. The third-order valence-corrected chi connectivity index (χ3v) is 4.08. The third-order valence-electron chi connectivity index (χ3n) is 4.08. The predicted molar refractivity (Wildman–Crippen MR) is 105 cm³/mol. The Hall–Kier alpha value is -2.12. The Labute approximate surface area is 156 Å². The van der Waals surface area contributed by atoms with E-state index in [2.05, 4.69) is 25.8 Å². The molecule has 1 aromatic rings. The molecule has 0 saturated carbocycles. The molecule has 1 heterocycles. The van der Waals surface area contributed by atoms with Crippen molar-refractivity contribution in [3.8, 4) is 0 Å². The molecule has 1 amide bonds. The quantitative estimate of drug-likeness (QED) is 0.482. The molecule has 0 aromatic heterocycles. The molecule has 0 radical (unpaired) electrons. The van der Waals surface area contributed by atoms with Gasteiger partial charge in [0.2, 0.25) is 5.91 Å². The topological polar surface area (TPSA) is 78.0 Å². The van der Waals surface area contributed by atoms with Crippen LogP contribution in [0.4, 0.5) is 5.69 Å². The Bertz CT molecular complexity index is 577. The molecule has 1 aliphatic rings. The summed E-state index contributed by atoms with van der Waals surface area (Å²) in [5.74, 6) is 0.841. The van der Waals surface area contributed by atoms with Crippen molar-refractivity contribution in [1.29, 1.82) is 0 Å². The first-order valence-corrected chi connectivity index (χ1v) is 9.42. The van der Waals surface area contributed by atoms with Crippen LogP contribution in [0.15, 0.2) is 29.3 Å². The van der Waals surface area contributed by atoms with Crippen molar-refractivity contribution in [1.82, 2.24) is 15.5 Å². The summed E-state index contributed by atoms with van der Waals surface area (Å²) in [7, 11) is 0. The molecule has 1 saturated heterocycles. The van der Waals surface area contributed by atoms with Gasteiger partial charge >= 0.3 is 0 Å². The zero-order chi connectivity index (χ0) is 18.6. The van der Waals surface area contributed by atoms with Crippen molar-refractivity contribution in [3.63, 3.8) is 0 Å². The number of ether oxygens (including phenoxy) is 1. The van der Waals surface area contributed by atoms with E-state index in [0.717, 1.165) is 63.1 Å². The van der Waals surface area contributed by atoms with Gasteiger partial charge in [-0.05, 0) is 31.5 Å². The van der Waals surface area contributed by atoms with Crippen molar-refractivity contribution in [2.45, 2.75) is 26.8 Å². The lowest BCUT2D eigenvalue weighted by molar-refractivity contribution is -0.116. The zero-order valence-corrected chi connectivity index (χ0v) is 15.9. The molecule has 3 N–H and O–H groups in total. The fourth-order valence-corrected chi connectivity index (χ4v) is 2.73. The smallest absolute Gasteiger partial charge is 0.225 e. The van der Waals surface area contributed by atoms with Crippen molar-refractivity contribution in [2.75, 3.05) is 51.3 Å². The number of benzene rings is 1. The maximum absolute atomic E-state index is 12.2. The molecule has 7 heteroatoms. The SMILES string of the molecule is CCNC(=NCc1cccc(NC(=O)CCN2CCOCC2)c1)NCC. The minimum Gasteiger partial charge on any atom is -0.379 e.